The quantitative estimate of drug-likeness (QED) is 0.465. The molecule has 1 atom stereocenters. The van der Waals surface area contributed by atoms with Crippen LogP contribution in [0.5, 0.6) is 5.75 Å². The molecule has 0 bridgehead atoms. The van der Waals surface area contributed by atoms with E-state index < -0.39 is 41.4 Å². The Morgan fingerprint density at radius 3 is 2.70 bits per heavy atom. The molecule has 0 aliphatic carbocycles. The Bertz CT molecular complexity index is 1380. The number of amides is 1. The van der Waals surface area contributed by atoms with Crippen LogP contribution in [0.1, 0.15) is 37.5 Å². The van der Waals surface area contributed by atoms with Crippen molar-refractivity contribution in [3.63, 3.8) is 0 Å². The van der Waals surface area contributed by atoms with Gasteiger partial charge < -0.3 is 20.3 Å². The molecule has 1 unspecified atom stereocenters. The van der Waals surface area contributed by atoms with Gasteiger partial charge in [0.15, 0.2) is 17.7 Å². The van der Waals surface area contributed by atoms with Gasteiger partial charge in [-0.1, -0.05) is 6.07 Å². The lowest BCUT2D eigenvalue weighted by Crippen LogP contribution is -2.48. The molecule has 0 radical (unpaired) electrons. The molecule has 0 saturated heterocycles. The summed E-state index contributed by atoms with van der Waals surface area (Å²) in [6.07, 6.45) is -4.16. The number of aromatic nitrogens is 2. The summed E-state index contributed by atoms with van der Waals surface area (Å²) in [5, 5.41) is 6.31. The summed E-state index contributed by atoms with van der Waals surface area (Å²) in [5.74, 6) is -1.82. The first-order valence-corrected chi connectivity index (χ1v) is 11.9. The highest BCUT2D eigenvalue weighted by Crippen LogP contribution is 2.47. The third-order valence-electron chi connectivity index (χ3n) is 6.40. The molecule has 0 saturated carbocycles. The average Bonchev–Trinajstić information content (AvgIpc) is 2.84. The molecule has 0 spiro atoms. The van der Waals surface area contributed by atoms with Gasteiger partial charge in [0.05, 0.1) is 11.9 Å². The van der Waals surface area contributed by atoms with Crippen LogP contribution >= 0.6 is 0 Å². The number of nitrogens with one attached hydrogen (secondary N) is 2. The number of fused-ring (bicyclic) bond motifs is 2. The third-order valence-corrected chi connectivity index (χ3v) is 6.40. The van der Waals surface area contributed by atoms with E-state index in [0.717, 1.165) is 37.3 Å². The molecule has 3 aromatic rings. The summed E-state index contributed by atoms with van der Waals surface area (Å²) in [4.78, 5) is 22.2. The fraction of sp³-hybridized carbons (Fsp3) is 0.346. The number of carbonyl (C=O) groups is 1. The van der Waals surface area contributed by atoms with Crippen molar-refractivity contribution in [2.75, 3.05) is 16.8 Å². The van der Waals surface area contributed by atoms with Gasteiger partial charge in [-0.15, -0.1) is 0 Å². The van der Waals surface area contributed by atoms with Gasteiger partial charge in [-0.25, -0.2) is 14.4 Å². The summed E-state index contributed by atoms with van der Waals surface area (Å²) >= 11 is 0. The van der Waals surface area contributed by atoms with Gasteiger partial charge in [0.25, 0.3) is 5.91 Å². The normalized spacial score (nSPS) is 17.4. The van der Waals surface area contributed by atoms with Crippen molar-refractivity contribution in [2.45, 2.75) is 52.1 Å². The zero-order valence-corrected chi connectivity index (χ0v) is 20.4. The van der Waals surface area contributed by atoms with Gasteiger partial charge in [0.1, 0.15) is 11.3 Å². The van der Waals surface area contributed by atoms with E-state index in [1.54, 1.807) is 13.8 Å². The highest BCUT2D eigenvalue weighted by Gasteiger charge is 2.42. The maximum absolute atomic E-state index is 14.9. The van der Waals surface area contributed by atoms with Gasteiger partial charge in [-0.3, -0.25) is 4.79 Å². The molecule has 37 heavy (non-hydrogen) atoms. The van der Waals surface area contributed by atoms with Crippen LogP contribution in [0.15, 0.2) is 36.5 Å². The minimum absolute atomic E-state index is 0.0261. The Morgan fingerprint density at radius 2 is 1.97 bits per heavy atom. The predicted octanol–water partition coefficient (Wildman–Crippen LogP) is 5.21. The van der Waals surface area contributed by atoms with Gasteiger partial charge in [0, 0.05) is 23.8 Å². The third kappa shape index (κ3) is 4.71. The molecule has 11 heteroatoms. The van der Waals surface area contributed by atoms with Gasteiger partial charge in [-0.05, 0) is 69.1 Å². The molecule has 0 fully saturated rings. The van der Waals surface area contributed by atoms with E-state index in [1.807, 2.05) is 18.2 Å². The highest BCUT2D eigenvalue weighted by atomic mass is 19.4. The molecule has 2 aliphatic heterocycles. The smallest absolute Gasteiger partial charge is 0.420 e. The number of benzene rings is 2. The van der Waals surface area contributed by atoms with E-state index in [0.29, 0.717) is 5.69 Å². The number of anilines is 3. The lowest BCUT2D eigenvalue weighted by atomic mass is 10.0. The number of alkyl halides is 3. The second kappa shape index (κ2) is 9.29. The van der Waals surface area contributed by atoms with E-state index in [4.69, 9.17) is 4.74 Å². The van der Waals surface area contributed by atoms with Gasteiger partial charge in [0.2, 0.25) is 5.95 Å². The van der Waals surface area contributed by atoms with Crippen molar-refractivity contribution >= 4 is 23.2 Å². The number of hydrogen-bond acceptors (Lipinski definition) is 6. The molecule has 2 aliphatic rings. The Labute approximate surface area is 210 Å². The second-order valence-corrected chi connectivity index (χ2v) is 9.36. The van der Waals surface area contributed by atoms with Crippen LogP contribution in [-0.2, 0) is 23.9 Å². The molecule has 2 aromatic carbocycles. The highest BCUT2D eigenvalue weighted by molar-refractivity contribution is 6.01. The lowest BCUT2D eigenvalue weighted by molar-refractivity contribution is -0.141. The summed E-state index contributed by atoms with van der Waals surface area (Å²) in [5.41, 5.74) is 1.33. The monoisotopic (exact) mass is 515 g/mol. The van der Waals surface area contributed by atoms with Crippen molar-refractivity contribution in [2.24, 2.45) is 0 Å². The van der Waals surface area contributed by atoms with Crippen LogP contribution in [0.2, 0.25) is 0 Å². The molecule has 5 rings (SSSR count). The molecular formula is C26H25F4N5O2. The van der Waals surface area contributed by atoms with Crippen molar-refractivity contribution < 1.29 is 27.1 Å². The molecule has 1 amide bonds. The zero-order valence-electron chi connectivity index (χ0n) is 20.4. The Kier molecular flexibility index (Phi) is 6.26. The van der Waals surface area contributed by atoms with E-state index in [9.17, 15) is 22.4 Å². The topological polar surface area (TPSA) is 79.4 Å². The van der Waals surface area contributed by atoms with Crippen molar-refractivity contribution in [3.8, 4) is 17.0 Å². The number of carbonyl (C=O) groups excluding carboxylic acids is 1. The summed E-state index contributed by atoms with van der Waals surface area (Å²) in [6.45, 7) is 6.38. The average molecular weight is 516 g/mol. The number of nitrogens with zero attached hydrogens (tertiary/aromatic N) is 3. The molecular weight excluding hydrogens is 490 g/mol. The van der Waals surface area contributed by atoms with Crippen LogP contribution in [0.3, 0.4) is 0 Å². The first kappa shape index (κ1) is 24.9. The standard InChI is InChI=1S/C26H25F4N5O2/c1-13(2)35-21-10-17(9-19(26(28,29)30)23(21)37-14(3)24(35)36)22-20(27)12-32-25(34-22)33-18-5-4-16-11-31-7-6-15(16)8-18/h4-5,8-10,12-14,31H,6-7,11H2,1-3H3,(H,32,33,34). The minimum Gasteiger partial charge on any atom is -0.478 e. The molecule has 194 valence electrons. The SMILES string of the molecule is CC1Oc2c(cc(-c3nc(Nc4ccc5c(c4)CCNC5)ncc3F)cc2C(F)(F)F)N(C(C)C)C1=O. The van der Waals surface area contributed by atoms with Crippen molar-refractivity contribution in [1.29, 1.82) is 0 Å². The van der Waals surface area contributed by atoms with Crippen molar-refractivity contribution in [3.05, 3.63) is 59.0 Å². The summed E-state index contributed by atoms with van der Waals surface area (Å²) < 4.78 is 62.6. The Balaban J connectivity index is 1.59. The summed E-state index contributed by atoms with van der Waals surface area (Å²) in [6, 6.07) is 7.39. The van der Waals surface area contributed by atoms with E-state index in [1.165, 1.54) is 23.5 Å². The predicted molar refractivity (Wildman–Crippen MR) is 130 cm³/mol. The van der Waals surface area contributed by atoms with Crippen LogP contribution in [0, 0.1) is 5.82 Å². The van der Waals surface area contributed by atoms with Crippen LogP contribution in [0.4, 0.5) is 34.9 Å². The largest absolute Gasteiger partial charge is 0.478 e. The minimum atomic E-state index is -4.81. The first-order chi connectivity index (χ1) is 17.5. The van der Waals surface area contributed by atoms with E-state index in [-0.39, 0.29) is 22.9 Å². The van der Waals surface area contributed by atoms with Gasteiger partial charge >= 0.3 is 6.18 Å². The van der Waals surface area contributed by atoms with Gasteiger partial charge in [-0.2, -0.15) is 13.2 Å². The fourth-order valence-electron chi connectivity index (χ4n) is 4.65. The van der Waals surface area contributed by atoms with Crippen LogP contribution in [-0.4, -0.2) is 34.6 Å². The molecule has 3 heterocycles. The second-order valence-electron chi connectivity index (χ2n) is 9.36. The first-order valence-electron chi connectivity index (χ1n) is 11.9. The van der Waals surface area contributed by atoms with E-state index in [2.05, 4.69) is 20.6 Å². The number of rotatable bonds is 4. The lowest BCUT2D eigenvalue weighted by Gasteiger charge is -2.37. The van der Waals surface area contributed by atoms with Crippen LogP contribution < -0.4 is 20.3 Å². The number of halogens is 4. The van der Waals surface area contributed by atoms with E-state index >= 15 is 0 Å². The molecule has 2 N–H and O–H groups in total. The zero-order chi connectivity index (χ0) is 26.5. The fourth-order valence-corrected chi connectivity index (χ4v) is 4.65. The number of ether oxygens (including phenoxy) is 1. The molecule has 7 nitrogen and oxygen atoms in total. The molecule has 1 aromatic heterocycles. The Morgan fingerprint density at radius 1 is 1.19 bits per heavy atom. The van der Waals surface area contributed by atoms with Crippen molar-refractivity contribution in [1.82, 2.24) is 15.3 Å². The van der Waals surface area contributed by atoms with Crippen LogP contribution in [0.25, 0.3) is 11.3 Å². The maximum Gasteiger partial charge on any atom is 0.420 e. The summed E-state index contributed by atoms with van der Waals surface area (Å²) in [7, 11) is 0. The maximum atomic E-state index is 14.9. The Hall–Kier alpha value is -3.73. The number of hydrogen-bond donors (Lipinski definition) is 2.